The van der Waals surface area contributed by atoms with E-state index in [1.54, 1.807) is 0 Å². The molecule has 0 aliphatic rings. The molecule has 1 heterocycles. The van der Waals surface area contributed by atoms with Crippen LogP contribution in [0.4, 0.5) is 0 Å². The van der Waals surface area contributed by atoms with E-state index in [0.717, 1.165) is 12.0 Å². The van der Waals surface area contributed by atoms with Gasteiger partial charge in [0.25, 0.3) is 0 Å². The van der Waals surface area contributed by atoms with Crippen LogP contribution in [0.3, 0.4) is 0 Å². The molecule has 2 rings (SSSR count). The van der Waals surface area contributed by atoms with Gasteiger partial charge in [-0.15, -0.1) is 11.6 Å². The van der Waals surface area contributed by atoms with E-state index < -0.39 is 5.76 Å². The Morgan fingerprint density at radius 1 is 1.47 bits per heavy atom. The van der Waals surface area contributed by atoms with E-state index in [9.17, 15) is 4.79 Å². The monoisotopic (exact) mass is 253 g/mol. The highest BCUT2D eigenvalue weighted by Crippen LogP contribution is 2.41. The van der Waals surface area contributed by atoms with Gasteiger partial charge >= 0.3 is 5.76 Å². The molecule has 0 radical (unpaired) electrons. The normalized spacial score (nSPS) is 14.1. The molecule has 0 bridgehead atoms. The smallest absolute Gasteiger partial charge is 0.408 e. The van der Waals surface area contributed by atoms with Gasteiger partial charge in [-0.25, -0.2) is 4.79 Å². The fourth-order valence-electron chi connectivity index (χ4n) is 1.75. The van der Waals surface area contributed by atoms with Crippen molar-refractivity contribution in [2.75, 3.05) is 0 Å². The van der Waals surface area contributed by atoms with Gasteiger partial charge in [-0.05, 0) is 29.5 Å². The molecule has 2 aromatic rings. The minimum Gasteiger partial charge on any atom is -0.408 e. The molecule has 1 aromatic carbocycles. The fraction of sp³-hybridized carbons (Fsp3) is 0.462. The highest BCUT2D eigenvalue weighted by atomic mass is 35.5. The van der Waals surface area contributed by atoms with Crippen LogP contribution in [0.2, 0.25) is 0 Å². The lowest BCUT2D eigenvalue weighted by Crippen LogP contribution is -2.16. The van der Waals surface area contributed by atoms with E-state index in [2.05, 4.69) is 25.8 Å². The Balaban J connectivity index is 2.45. The molecule has 4 heteroatoms. The number of halogens is 1. The van der Waals surface area contributed by atoms with E-state index in [-0.39, 0.29) is 10.8 Å². The summed E-state index contributed by atoms with van der Waals surface area (Å²) in [6, 6.07) is 5.60. The molecule has 0 amide bonds. The highest BCUT2D eigenvalue weighted by Gasteiger charge is 2.27. The van der Waals surface area contributed by atoms with E-state index >= 15 is 0 Å². The first kappa shape index (κ1) is 12.2. The highest BCUT2D eigenvalue weighted by molar-refractivity contribution is 6.21. The SMILES string of the molecule is CCC(C)(C)C(Cl)c1ccc2[nH]c(=O)oc2c1. The predicted octanol–water partition coefficient (Wildman–Crippen LogP) is 3.84. The number of aromatic amines is 1. The Morgan fingerprint density at radius 3 is 2.82 bits per heavy atom. The molecule has 92 valence electrons. The second-order valence-electron chi connectivity index (χ2n) is 4.97. The third kappa shape index (κ3) is 2.25. The maximum absolute atomic E-state index is 11.1. The first-order valence-corrected chi connectivity index (χ1v) is 6.14. The van der Waals surface area contributed by atoms with Crippen molar-refractivity contribution in [2.45, 2.75) is 32.6 Å². The Kier molecular flexibility index (Phi) is 3.04. The number of oxazole rings is 1. The third-order valence-electron chi connectivity index (χ3n) is 3.34. The average molecular weight is 254 g/mol. The molecule has 1 N–H and O–H groups in total. The Labute approximate surface area is 105 Å². The number of alkyl halides is 1. The predicted molar refractivity (Wildman–Crippen MR) is 69.5 cm³/mol. The zero-order valence-corrected chi connectivity index (χ0v) is 11.0. The standard InChI is InChI=1S/C13H16ClNO2/c1-4-13(2,3)11(14)8-5-6-9-10(7-8)17-12(16)15-9/h5-7,11H,4H2,1-3H3,(H,15,16). The quantitative estimate of drug-likeness (QED) is 0.845. The van der Waals surface area contributed by atoms with Crippen molar-refractivity contribution >= 4 is 22.7 Å². The summed E-state index contributed by atoms with van der Waals surface area (Å²) in [4.78, 5) is 13.7. The van der Waals surface area contributed by atoms with Gasteiger partial charge in [0.15, 0.2) is 5.58 Å². The summed E-state index contributed by atoms with van der Waals surface area (Å²) in [5, 5.41) is -0.0999. The van der Waals surface area contributed by atoms with Gasteiger partial charge in [0.2, 0.25) is 0 Å². The number of hydrogen-bond acceptors (Lipinski definition) is 2. The second kappa shape index (κ2) is 4.22. The van der Waals surface area contributed by atoms with Crippen molar-refractivity contribution in [3.05, 3.63) is 34.3 Å². The summed E-state index contributed by atoms with van der Waals surface area (Å²) in [7, 11) is 0. The number of fused-ring (bicyclic) bond motifs is 1. The molecule has 0 saturated heterocycles. The van der Waals surface area contributed by atoms with Crippen molar-refractivity contribution in [3.8, 4) is 0 Å². The molecule has 1 unspecified atom stereocenters. The molecule has 1 aromatic heterocycles. The largest absolute Gasteiger partial charge is 0.417 e. The molecule has 0 aliphatic carbocycles. The molecule has 3 nitrogen and oxygen atoms in total. The lowest BCUT2D eigenvalue weighted by Gasteiger charge is -2.28. The number of H-pyrrole nitrogens is 1. The molecule has 0 spiro atoms. The lowest BCUT2D eigenvalue weighted by molar-refractivity contribution is 0.336. The molecular formula is C13H16ClNO2. The summed E-state index contributed by atoms with van der Waals surface area (Å²) in [6.45, 7) is 6.37. The van der Waals surface area contributed by atoms with Gasteiger partial charge in [0.05, 0.1) is 10.9 Å². The van der Waals surface area contributed by atoms with Gasteiger partial charge in [0, 0.05) is 0 Å². The minimum absolute atomic E-state index is 0.00579. The van der Waals surface area contributed by atoms with Gasteiger partial charge in [-0.3, -0.25) is 4.98 Å². The van der Waals surface area contributed by atoms with Crippen molar-refractivity contribution in [3.63, 3.8) is 0 Å². The summed E-state index contributed by atoms with van der Waals surface area (Å²) in [5.41, 5.74) is 2.25. The molecule has 0 aliphatic heterocycles. The Bertz CT molecular complexity index is 582. The van der Waals surface area contributed by atoms with Crippen LogP contribution in [0.25, 0.3) is 11.1 Å². The van der Waals surface area contributed by atoms with Crippen molar-refractivity contribution in [1.82, 2.24) is 4.98 Å². The van der Waals surface area contributed by atoms with Gasteiger partial charge in [-0.1, -0.05) is 26.8 Å². The van der Waals surface area contributed by atoms with Crippen LogP contribution in [0.5, 0.6) is 0 Å². The number of benzene rings is 1. The number of aromatic nitrogens is 1. The Hall–Kier alpha value is -1.22. The molecule has 17 heavy (non-hydrogen) atoms. The van der Waals surface area contributed by atoms with E-state index in [1.807, 2.05) is 18.2 Å². The summed E-state index contributed by atoms with van der Waals surface area (Å²) in [5.74, 6) is -0.432. The van der Waals surface area contributed by atoms with Gasteiger partial charge in [-0.2, -0.15) is 0 Å². The number of rotatable bonds is 3. The first-order valence-electron chi connectivity index (χ1n) is 5.71. The van der Waals surface area contributed by atoms with Gasteiger partial charge < -0.3 is 4.42 Å². The summed E-state index contributed by atoms with van der Waals surface area (Å²) >= 11 is 6.48. The van der Waals surface area contributed by atoms with E-state index in [4.69, 9.17) is 16.0 Å². The molecule has 0 fully saturated rings. The summed E-state index contributed by atoms with van der Waals surface area (Å²) < 4.78 is 5.04. The summed E-state index contributed by atoms with van der Waals surface area (Å²) in [6.07, 6.45) is 0.982. The zero-order chi connectivity index (χ0) is 12.6. The van der Waals surface area contributed by atoms with Crippen LogP contribution in [-0.2, 0) is 0 Å². The van der Waals surface area contributed by atoms with Crippen LogP contribution >= 0.6 is 11.6 Å². The molecule has 0 saturated carbocycles. The van der Waals surface area contributed by atoms with Crippen molar-refractivity contribution in [2.24, 2.45) is 5.41 Å². The average Bonchev–Trinajstić information content (AvgIpc) is 2.66. The first-order chi connectivity index (χ1) is 7.94. The van der Waals surface area contributed by atoms with Crippen molar-refractivity contribution < 1.29 is 4.42 Å². The Morgan fingerprint density at radius 2 is 2.18 bits per heavy atom. The zero-order valence-electron chi connectivity index (χ0n) is 10.2. The van der Waals surface area contributed by atoms with Crippen LogP contribution in [0.1, 0.15) is 38.1 Å². The van der Waals surface area contributed by atoms with Crippen LogP contribution in [0.15, 0.2) is 27.4 Å². The van der Waals surface area contributed by atoms with Gasteiger partial charge in [0.1, 0.15) is 0 Å². The topological polar surface area (TPSA) is 46.0 Å². The van der Waals surface area contributed by atoms with Crippen LogP contribution in [-0.4, -0.2) is 4.98 Å². The van der Waals surface area contributed by atoms with Crippen LogP contribution < -0.4 is 5.76 Å². The fourth-order valence-corrected chi connectivity index (χ4v) is 2.04. The molecular weight excluding hydrogens is 238 g/mol. The lowest BCUT2D eigenvalue weighted by atomic mass is 9.83. The second-order valence-corrected chi connectivity index (χ2v) is 5.41. The maximum atomic E-state index is 11.1. The number of hydrogen-bond donors (Lipinski definition) is 1. The van der Waals surface area contributed by atoms with Crippen molar-refractivity contribution in [1.29, 1.82) is 0 Å². The van der Waals surface area contributed by atoms with E-state index in [0.29, 0.717) is 11.1 Å². The minimum atomic E-state index is -0.432. The van der Waals surface area contributed by atoms with E-state index in [1.165, 1.54) is 0 Å². The maximum Gasteiger partial charge on any atom is 0.417 e. The number of nitrogens with one attached hydrogen (secondary N) is 1. The van der Waals surface area contributed by atoms with Crippen LogP contribution in [0, 0.1) is 5.41 Å². The molecule has 1 atom stereocenters. The third-order valence-corrected chi connectivity index (χ3v) is 4.18.